The standard InChI is InChI=1S/C11H19N5/c1-12-11(15-9-4-2-3-5-9)13-8-10-6-7-14-16-10/h6-7,9H,2-5,8H2,1H3,(H,14,16)(H2,12,13,15). The lowest BCUT2D eigenvalue weighted by Gasteiger charge is -2.16. The van der Waals surface area contributed by atoms with Crippen molar-refractivity contribution >= 4 is 5.96 Å². The summed E-state index contributed by atoms with van der Waals surface area (Å²) in [6.45, 7) is 0.729. The van der Waals surface area contributed by atoms with Crippen LogP contribution in [0.4, 0.5) is 0 Å². The number of aromatic nitrogens is 2. The number of aromatic amines is 1. The molecular formula is C11H19N5. The van der Waals surface area contributed by atoms with Gasteiger partial charge in [-0.3, -0.25) is 10.1 Å². The summed E-state index contributed by atoms with van der Waals surface area (Å²) in [7, 11) is 1.80. The van der Waals surface area contributed by atoms with E-state index in [1.807, 2.05) is 6.07 Å². The minimum Gasteiger partial charge on any atom is -0.354 e. The highest BCUT2D eigenvalue weighted by Crippen LogP contribution is 2.17. The first-order valence-electron chi connectivity index (χ1n) is 5.84. The fraction of sp³-hybridized carbons (Fsp3) is 0.636. The summed E-state index contributed by atoms with van der Waals surface area (Å²) in [5.74, 6) is 0.876. The Balaban J connectivity index is 1.77. The molecule has 0 aliphatic heterocycles. The molecule has 2 rings (SSSR count). The first-order valence-corrected chi connectivity index (χ1v) is 5.84. The molecule has 1 aliphatic rings. The van der Waals surface area contributed by atoms with Crippen LogP contribution in [0, 0.1) is 0 Å². The number of rotatable bonds is 3. The fourth-order valence-electron chi connectivity index (χ4n) is 2.02. The molecule has 1 saturated carbocycles. The van der Waals surface area contributed by atoms with Crippen LogP contribution in [0.3, 0.4) is 0 Å². The molecule has 0 spiro atoms. The number of aliphatic imine (C=N–C) groups is 1. The third kappa shape index (κ3) is 2.98. The molecule has 1 fully saturated rings. The molecule has 0 aromatic carbocycles. The fourth-order valence-corrected chi connectivity index (χ4v) is 2.02. The van der Waals surface area contributed by atoms with Gasteiger partial charge in [-0.1, -0.05) is 12.8 Å². The number of nitrogens with one attached hydrogen (secondary N) is 3. The molecule has 1 aliphatic carbocycles. The highest BCUT2D eigenvalue weighted by atomic mass is 15.2. The van der Waals surface area contributed by atoms with E-state index in [0.29, 0.717) is 6.04 Å². The first kappa shape index (κ1) is 11.0. The third-order valence-corrected chi connectivity index (χ3v) is 2.92. The van der Waals surface area contributed by atoms with Crippen LogP contribution < -0.4 is 10.6 Å². The van der Waals surface area contributed by atoms with Crippen LogP contribution in [0.15, 0.2) is 17.3 Å². The van der Waals surface area contributed by atoms with Gasteiger partial charge in [0.05, 0.1) is 12.2 Å². The summed E-state index contributed by atoms with van der Waals surface area (Å²) in [5, 5.41) is 13.5. The van der Waals surface area contributed by atoms with Crippen LogP contribution >= 0.6 is 0 Å². The van der Waals surface area contributed by atoms with Gasteiger partial charge < -0.3 is 10.6 Å². The highest BCUT2D eigenvalue weighted by molar-refractivity contribution is 5.79. The van der Waals surface area contributed by atoms with E-state index in [-0.39, 0.29) is 0 Å². The van der Waals surface area contributed by atoms with Gasteiger partial charge in [0.1, 0.15) is 0 Å². The Hall–Kier alpha value is -1.52. The summed E-state index contributed by atoms with van der Waals surface area (Å²) in [5.41, 5.74) is 1.06. The quantitative estimate of drug-likeness (QED) is 0.527. The maximum Gasteiger partial charge on any atom is 0.191 e. The molecule has 0 amide bonds. The molecule has 1 heterocycles. The smallest absolute Gasteiger partial charge is 0.191 e. The van der Waals surface area contributed by atoms with Crippen LogP contribution in [0.5, 0.6) is 0 Å². The van der Waals surface area contributed by atoms with Crippen molar-refractivity contribution in [3.05, 3.63) is 18.0 Å². The van der Waals surface area contributed by atoms with Crippen molar-refractivity contribution in [3.8, 4) is 0 Å². The third-order valence-electron chi connectivity index (χ3n) is 2.92. The molecule has 1 aromatic rings. The second kappa shape index (κ2) is 5.53. The second-order valence-corrected chi connectivity index (χ2v) is 4.13. The lowest BCUT2D eigenvalue weighted by atomic mass is 10.2. The number of hydrogen-bond donors (Lipinski definition) is 3. The van der Waals surface area contributed by atoms with Gasteiger partial charge in [0, 0.05) is 19.3 Å². The predicted octanol–water partition coefficient (Wildman–Crippen LogP) is 1.02. The maximum atomic E-state index is 4.21. The van der Waals surface area contributed by atoms with E-state index in [2.05, 4.69) is 25.8 Å². The van der Waals surface area contributed by atoms with E-state index < -0.39 is 0 Å². The van der Waals surface area contributed by atoms with Crippen LogP contribution in [0.1, 0.15) is 31.4 Å². The molecule has 0 saturated heterocycles. The summed E-state index contributed by atoms with van der Waals surface area (Å²) < 4.78 is 0. The molecule has 0 bridgehead atoms. The predicted molar refractivity (Wildman–Crippen MR) is 64.2 cm³/mol. The zero-order valence-corrected chi connectivity index (χ0v) is 9.66. The summed E-state index contributed by atoms with van der Waals surface area (Å²) in [6, 6.07) is 2.54. The first-order chi connectivity index (χ1) is 7.88. The summed E-state index contributed by atoms with van der Waals surface area (Å²) in [6.07, 6.45) is 6.92. The van der Waals surface area contributed by atoms with Gasteiger partial charge in [-0.05, 0) is 18.9 Å². The van der Waals surface area contributed by atoms with Crippen molar-refractivity contribution in [1.29, 1.82) is 0 Å². The Morgan fingerprint density at radius 2 is 2.38 bits per heavy atom. The van der Waals surface area contributed by atoms with Gasteiger partial charge in [-0.2, -0.15) is 5.10 Å². The second-order valence-electron chi connectivity index (χ2n) is 4.13. The van der Waals surface area contributed by atoms with Crippen molar-refractivity contribution in [2.24, 2.45) is 4.99 Å². The van der Waals surface area contributed by atoms with Crippen LogP contribution in [0.2, 0.25) is 0 Å². The van der Waals surface area contributed by atoms with Gasteiger partial charge in [-0.25, -0.2) is 0 Å². The zero-order valence-electron chi connectivity index (χ0n) is 9.66. The largest absolute Gasteiger partial charge is 0.354 e. The van der Waals surface area contributed by atoms with E-state index in [9.17, 15) is 0 Å². The van der Waals surface area contributed by atoms with Gasteiger partial charge in [0.25, 0.3) is 0 Å². The minimum atomic E-state index is 0.591. The van der Waals surface area contributed by atoms with E-state index >= 15 is 0 Å². The van der Waals surface area contributed by atoms with E-state index in [1.54, 1.807) is 13.2 Å². The molecule has 5 heteroatoms. The molecule has 0 unspecified atom stereocenters. The number of nitrogens with zero attached hydrogens (tertiary/aromatic N) is 2. The van der Waals surface area contributed by atoms with Crippen molar-refractivity contribution in [2.45, 2.75) is 38.3 Å². The molecular weight excluding hydrogens is 202 g/mol. The Labute approximate surface area is 95.7 Å². The molecule has 16 heavy (non-hydrogen) atoms. The number of H-pyrrole nitrogens is 1. The Kier molecular flexibility index (Phi) is 3.80. The van der Waals surface area contributed by atoms with Crippen molar-refractivity contribution < 1.29 is 0 Å². The van der Waals surface area contributed by atoms with E-state index in [1.165, 1.54) is 25.7 Å². The Bertz CT molecular complexity index is 324. The zero-order chi connectivity index (χ0) is 11.2. The Morgan fingerprint density at radius 1 is 1.56 bits per heavy atom. The normalized spacial score (nSPS) is 17.7. The minimum absolute atomic E-state index is 0.591. The van der Waals surface area contributed by atoms with Gasteiger partial charge in [-0.15, -0.1) is 0 Å². The lowest BCUT2D eigenvalue weighted by molar-refractivity contribution is 0.612. The summed E-state index contributed by atoms with van der Waals surface area (Å²) in [4.78, 5) is 4.21. The molecule has 3 N–H and O–H groups in total. The van der Waals surface area contributed by atoms with E-state index in [4.69, 9.17) is 0 Å². The molecule has 0 radical (unpaired) electrons. The topological polar surface area (TPSA) is 65.1 Å². The highest BCUT2D eigenvalue weighted by Gasteiger charge is 2.15. The Morgan fingerprint density at radius 3 is 3.00 bits per heavy atom. The van der Waals surface area contributed by atoms with Crippen molar-refractivity contribution in [1.82, 2.24) is 20.8 Å². The SMILES string of the molecule is CN=C(NCc1ccn[nH]1)NC1CCCC1. The van der Waals surface area contributed by atoms with Gasteiger partial charge >= 0.3 is 0 Å². The van der Waals surface area contributed by atoms with Gasteiger partial charge in [0.2, 0.25) is 0 Å². The molecule has 0 atom stereocenters. The van der Waals surface area contributed by atoms with Crippen molar-refractivity contribution in [2.75, 3.05) is 7.05 Å². The monoisotopic (exact) mass is 221 g/mol. The molecule has 1 aromatic heterocycles. The summed E-state index contributed by atoms with van der Waals surface area (Å²) >= 11 is 0. The average molecular weight is 221 g/mol. The van der Waals surface area contributed by atoms with Crippen LogP contribution in [-0.4, -0.2) is 29.2 Å². The molecule has 5 nitrogen and oxygen atoms in total. The van der Waals surface area contributed by atoms with Crippen LogP contribution in [0.25, 0.3) is 0 Å². The average Bonchev–Trinajstić information content (AvgIpc) is 2.97. The maximum absolute atomic E-state index is 4.21. The van der Waals surface area contributed by atoms with Gasteiger partial charge in [0.15, 0.2) is 5.96 Å². The number of guanidine groups is 1. The molecule has 88 valence electrons. The van der Waals surface area contributed by atoms with Crippen LogP contribution in [-0.2, 0) is 6.54 Å². The lowest BCUT2D eigenvalue weighted by Crippen LogP contribution is -2.41. The van der Waals surface area contributed by atoms with E-state index in [0.717, 1.165) is 18.2 Å². The number of hydrogen-bond acceptors (Lipinski definition) is 2. The van der Waals surface area contributed by atoms with Crippen molar-refractivity contribution in [3.63, 3.8) is 0 Å².